The number of aromatic carboxylic acids is 1. The van der Waals surface area contributed by atoms with Crippen molar-refractivity contribution in [3.05, 3.63) is 51.9 Å². The van der Waals surface area contributed by atoms with Gasteiger partial charge in [0, 0.05) is 6.07 Å². The third kappa shape index (κ3) is 2.85. The molecule has 6 heteroatoms. The molecule has 0 unspecified atom stereocenters. The van der Waals surface area contributed by atoms with Crippen LogP contribution in [0.1, 0.15) is 26.3 Å². The first-order chi connectivity index (χ1) is 8.99. The van der Waals surface area contributed by atoms with Gasteiger partial charge in [0.1, 0.15) is 6.26 Å². The fraction of sp³-hybridized carbons (Fsp3) is 0.0769. The molecule has 0 aliphatic heterocycles. The lowest BCUT2D eigenvalue weighted by atomic mass is 10.1. The lowest BCUT2D eigenvalue weighted by molar-refractivity contribution is 0.0698. The predicted molar refractivity (Wildman–Crippen MR) is 72.5 cm³/mol. The van der Waals surface area contributed by atoms with E-state index in [0.29, 0.717) is 15.8 Å². The zero-order chi connectivity index (χ0) is 14.0. The van der Waals surface area contributed by atoms with Crippen molar-refractivity contribution in [2.45, 2.75) is 6.92 Å². The van der Waals surface area contributed by atoms with Crippen LogP contribution in [0.15, 0.2) is 39.6 Å². The Labute approximate surface area is 117 Å². The van der Waals surface area contributed by atoms with Crippen LogP contribution >= 0.6 is 15.9 Å². The summed E-state index contributed by atoms with van der Waals surface area (Å²) in [4.78, 5) is 23.1. The van der Waals surface area contributed by atoms with Crippen LogP contribution in [-0.4, -0.2) is 17.0 Å². The number of carbonyl (C=O) groups excluding carboxylic acids is 1. The second-order valence-electron chi connectivity index (χ2n) is 3.90. The number of rotatable bonds is 3. The fourth-order valence-corrected chi connectivity index (χ4v) is 1.97. The van der Waals surface area contributed by atoms with Crippen molar-refractivity contribution in [2.24, 2.45) is 0 Å². The molecule has 0 bridgehead atoms. The molecule has 0 spiro atoms. The van der Waals surface area contributed by atoms with E-state index in [1.54, 1.807) is 19.1 Å². The van der Waals surface area contributed by atoms with Gasteiger partial charge in [-0.3, -0.25) is 4.79 Å². The smallest absolute Gasteiger partial charge is 0.337 e. The molecular weight excluding hydrogens is 314 g/mol. The predicted octanol–water partition coefficient (Wildman–Crippen LogP) is 3.30. The van der Waals surface area contributed by atoms with Gasteiger partial charge in [0.05, 0.1) is 16.8 Å². The summed E-state index contributed by atoms with van der Waals surface area (Å²) < 4.78 is 5.40. The summed E-state index contributed by atoms with van der Waals surface area (Å²) in [6, 6.07) is 6.31. The quantitative estimate of drug-likeness (QED) is 0.908. The molecular formula is C13H10BrNO4. The summed E-state index contributed by atoms with van der Waals surface area (Å²) in [5.41, 5.74) is 1.33. The van der Waals surface area contributed by atoms with Crippen molar-refractivity contribution in [2.75, 3.05) is 5.32 Å². The third-order valence-electron chi connectivity index (χ3n) is 2.57. The molecule has 2 aromatic rings. The highest BCUT2D eigenvalue weighted by atomic mass is 79.9. The number of hydrogen-bond acceptors (Lipinski definition) is 3. The van der Waals surface area contributed by atoms with E-state index >= 15 is 0 Å². The van der Waals surface area contributed by atoms with E-state index in [1.165, 1.54) is 18.4 Å². The number of anilines is 1. The number of carboxylic acid groups (broad SMARTS) is 1. The third-order valence-corrected chi connectivity index (χ3v) is 2.99. The SMILES string of the molecule is Cc1cccc(C(=O)O)c1NC(=O)c1coc(Br)c1. The highest BCUT2D eigenvalue weighted by Gasteiger charge is 2.16. The fourth-order valence-electron chi connectivity index (χ4n) is 1.63. The molecule has 0 saturated heterocycles. The van der Waals surface area contributed by atoms with E-state index in [1.807, 2.05) is 0 Å². The number of nitrogens with one attached hydrogen (secondary N) is 1. The van der Waals surface area contributed by atoms with Crippen molar-refractivity contribution in [3.8, 4) is 0 Å². The highest BCUT2D eigenvalue weighted by molar-refractivity contribution is 9.10. The van der Waals surface area contributed by atoms with E-state index in [9.17, 15) is 9.59 Å². The minimum Gasteiger partial charge on any atom is -0.478 e. The first kappa shape index (κ1) is 13.4. The Balaban J connectivity index is 2.33. The minimum absolute atomic E-state index is 0.0518. The number of aryl methyl sites for hydroxylation is 1. The molecule has 0 radical (unpaired) electrons. The molecule has 2 N–H and O–H groups in total. The molecule has 1 amide bonds. The van der Waals surface area contributed by atoms with Gasteiger partial charge in [-0.25, -0.2) is 4.79 Å². The molecule has 1 aromatic heterocycles. The number of amides is 1. The Morgan fingerprint density at radius 2 is 2.11 bits per heavy atom. The molecule has 1 aromatic carbocycles. The number of para-hydroxylation sites is 1. The normalized spacial score (nSPS) is 10.2. The summed E-state index contributed by atoms with van der Waals surface area (Å²) >= 11 is 3.10. The molecule has 1 heterocycles. The lowest BCUT2D eigenvalue weighted by Crippen LogP contribution is -2.15. The van der Waals surface area contributed by atoms with Crippen LogP contribution in [0.3, 0.4) is 0 Å². The standard InChI is InChI=1S/C13H10BrNO4/c1-7-3-2-4-9(13(17)18)11(7)15-12(16)8-5-10(14)19-6-8/h2-6H,1H3,(H,15,16)(H,17,18). The number of carbonyl (C=O) groups is 2. The first-order valence-corrected chi connectivity index (χ1v) is 6.16. The van der Waals surface area contributed by atoms with E-state index in [-0.39, 0.29) is 11.3 Å². The van der Waals surface area contributed by atoms with Crippen molar-refractivity contribution in [3.63, 3.8) is 0 Å². The van der Waals surface area contributed by atoms with Crippen LogP contribution in [0, 0.1) is 6.92 Å². The molecule has 0 aliphatic carbocycles. The Hall–Kier alpha value is -2.08. The van der Waals surface area contributed by atoms with Gasteiger partial charge in [-0.15, -0.1) is 0 Å². The van der Waals surface area contributed by atoms with E-state index in [0.717, 1.165) is 0 Å². The van der Waals surface area contributed by atoms with Crippen LogP contribution in [0.5, 0.6) is 0 Å². The Morgan fingerprint density at radius 1 is 1.37 bits per heavy atom. The zero-order valence-electron chi connectivity index (χ0n) is 9.94. The monoisotopic (exact) mass is 323 g/mol. The molecule has 5 nitrogen and oxygen atoms in total. The molecule has 0 atom stereocenters. The Morgan fingerprint density at radius 3 is 2.68 bits per heavy atom. The van der Waals surface area contributed by atoms with Crippen LogP contribution in [-0.2, 0) is 0 Å². The lowest BCUT2D eigenvalue weighted by Gasteiger charge is -2.10. The average Bonchev–Trinajstić information content (AvgIpc) is 2.78. The van der Waals surface area contributed by atoms with Gasteiger partial charge in [-0.1, -0.05) is 12.1 Å². The van der Waals surface area contributed by atoms with Crippen molar-refractivity contribution in [1.29, 1.82) is 0 Å². The number of furan rings is 1. The Kier molecular flexibility index (Phi) is 3.71. The average molecular weight is 324 g/mol. The van der Waals surface area contributed by atoms with E-state index in [4.69, 9.17) is 9.52 Å². The van der Waals surface area contributed by atoms with E-state index in [2.05, 4.69) is 21.2 Å². The van der Waals surface area contributed by atoms with Gasteiger partial charge in [-0.2, -0.15) is 0 Å². The van der Waals surface area contributed by atoms with Gasteiger partial charge in [0.25, 0.3) is 5.91 Å². The van der Waals surface area contributed by atoms with Crippen LogP contribution in [0.2, 0.25) is 0 Å². The maximum atomic E-state index is 12.0. The summed E-state index contributed by atoms with van der Waals surface area (Å²) in [6.45, 7) is 1.73. The summed E-state index contributed by atoms with van der Waals surface area (Å²) in [5.74, 6) is -1.52. The molecule has 0 fully saturated rings. The van der Waals surface area contributed by atoms with Crippen molar-refractivity contribution < 1.29 is 19.1 Å². The minimum atomic E-state index is -1.09. The largest absolute Gasteiger partial charge is 0.478 e. The second-order valence-corrected chi connectivity index (χ2v) is 4.68. The summed E-state index contributed by atoms with van der Waals surface area (Å²) in [6.07, 6.45) is 1.29. The van der Waals surface area contributed by atoms with Crippen LogP contribution in [0.4, 0.5) is 5.69 Å². The van der Waals surface area contributed by atoms with Gasteiger partial charge in [0.15, 0.2) is 4.67 Å². The molecule has 98 valence electrons. The molecule has 19 heavy (non-hydrogen) atoms. The zero-order valence-corrected chi connectivity index (χ0v) is 11.5. The molecule has 0 saturated carbocycles. The number of carboxylic acids is 1. The van der Waals surface area contributed by atoms with E-state index < -0.39 is 11.9 Å². The second kappa shape index (κ2) is 5.27. The maximum absolute atomic E-state index is 12.0. The number of halogens is 1. The molecule has 0 aliphatic rings. The van der Waals surface area contributed by atoms with Crippen LogP contribution < -0.4 is 5.32 Å². The first-order valence-electron chi connectivity index (χ1n) is 5.37. The van der Waals surface area contributed by atoms with Crippen molar-refractivity contribution in [1.82, 2.24) is 0 Å². The molecule has 2 rings (SSSR count). The number of benzene rings is 1. The van der Waals surface area contributed by atoms with Crippen molar-refractivity contribution >= 4 is 33.5 Å². The van der Waals surface area contributed by atoms with Gasteiger partial charge < -0.3 is 14.8 Å². The topological polar surface area (TPSA) is 79.5 Å². The van der Waals surface area contributed by atoms with Gasteiger partial charge in [0.2, 0.25) is 0 Å². The highest BCUT2D eigenvalue weighted by Crippen LogP contribution is 2.22. The maximum Gasteiger partial charge on any atom is 0.337 e. The number of hydrogen-bond donors (Lipinski definition) is 2. The summed E-state index contributed by atoms with van der Waals surface area (Å²) in [7, 11) is 0. The Bertz CT molecular complexity index is 648. The van der Waals surface area contributed by atoms with Gasteiger partial charge >= 0.3 is 5.97 Å². The van der Waals surface area contributed by atoms with Crippen LogP contribution in [0.25, 0.3) is 0 Å². The summed E-state index contributed by atoms with van der Waals surface area (Å²) in [5, 5.41) is 11.7. The van der Waals surface area contributed by atoms with Gasteiger partial charge in [-0.05, 0) is 34.5 Å².